The third kappa shape index (κ3) is 2.58. The number of piperidine rings is 1. The van der Waals surface area contributed by atoms with Crippen LogP contribution in [0.4, 0.5) is 0 Å². The molecule has 0 aliphatic carbocycles. The lowest BCUT2D eigenvalue weighted by Gasteiger charge is -2.30. The summed E-state index contributed by atoms with van der Waals surface area (Å²) in [6, 6.07) is 5.63. The molecule has 2 unspecified atom stereocenters. The van der Waals surface area contributed by atoms with Crippen molar-refractivity contribution in [1.82, 2.24) is 15.6 Å². The number of aromatic nitrogens is 1. The summed E-state index contributed by atoms with van der Waals surface area (Å²) >= 11 is 0. The molecule has 2 atom stereocenters. The van der Waals surface area contributed by atoms with Crippen molar-refractivity contribution in [3.05, 3.63) is 30.1 Å². The number of rotatable bonds is 2. The predicted octanol–water partition coefficient (Wildman–Crippen LogP) is 0.809. The third-order valence-electron chi connectivity index (χ3n) is 3.00. The number of nitrogens with zero attached hydrogens (tertiary/aromatic N) is 1. The lowest BCUT2D eigenvalue weighted by Crippen LogP contribution is -2.48. The topological polar surface area (TPSA) is 54.0 Å². The summed E-state index contributed by atoms with van der Waals surface area (Å²) in [5.74, 6) is 0.403. The van der Waals surface area contributed by atoms with Gasteiger partial charge in [0.05, 0.1) is 0 Å². The van der Waals surface area contributed by atoms with Gasteiger partial charge >= 0.3 is 0 Å². The first-order valence-corrected chi connectivity index (χ1v) is 5.70. The number of pyridine rings is 1. The summed E-state index contributed by atoms with van der Waals surface area (Å²) < 4.78 is 0. The van der Waals surface area contributed by atoms with E-state index in [4.69, 9.17) is 0 Å². The summed E-state index contributed by atoms with van der Waals surface area (Å²) in [6.07, 6.45) is 2.63. The Balaban J connectivity index is 1.96. The minimum Gasteiger partial charge on any atom is -0.348 e. The fraction of sp³-hybridized carbons (Fsp3) is 0.500. The van der Waals surface area contributed by atoms with Gasteiger partial charge in [-0.15, -0.1) is 0 Å². The number of amides is 1. The molecular weight excluding hydrogens is 202 g/mol. The van der Waals surface area contributed by atoms with E-state index in [1.54, 1.807) is 12.3 Å². The van der Waals surface area contributed by atoms with Crippen molar-refractivity contribution in [1.29, 1.82) is 0 Å². The third-order valence-corrected chi connectivity index (χ3v) is 3.00. The minimum absolute atomic E-state index is 0.0700. The highest BCUT2D eigenvalue weighted by Gasteiger charge is 2.23. The van der Waals surface area contributed by atoms with Crippen molar-refractivity contribution >= 4 is 5.91 Å². The smallest absolute Gasteiger partial charge is 0.270 e. The number of carbonyl (C=O) groups is 1. The molecule has 1 fully saturated rings. The average molecular weight is 219 g/mol. The molecule has 0 saturated carbocycles. The second kappa shape index (κ2) is 5.07. The Morgan fingerprint density at radius 2 is 2.44 bits per heavy atom. The van der Waals surface area contributed by atoms with Crippen molar-refractivity contribution in [3.63, 3.8) is 0 Å². The van der Waals surface area contributed by atoms with Crippen LogP contribution in [0.3, 0.4) is 0 Å². The van der Waals surface area contributed by atoms with Crippen LogP contribution in [0.5, 0.6) is 0 Å². The molecular formula is C12H17N3O. The molecule has 1 amide bonds. The van der Waals surface area contributed by atoms with Crippen LogP contribution < -0.4 is 10.6 Å². The van der Waals surface area contributed by atoms with Gasteiger partial charge < -0.3 is 10.6 Å². The van der Waals surface area contributed by atoms with Crippen molar-refractivity contribution < 1.29 is 4.79 Å². The van der Waals surface area contributed by atoms with Gasteiger partial charge in [0.15, 0.2) is 0 Å². The van der Waals surface area contributed by atoms with Crippen LogP contribution in [-0.4, -0.2) is 30.0 Å². The van der Waals surface area contributed by atoms with Gasteiger partial charge in [-0.25, -0.2) is 0 Å². The Hall–Kier alpha value is -1.42. The molecule has 86 valence electrons. The van der Waals surface area contributed by atoms with E-state index in [1.807, 2.05) is 12.1 Å². The SMILES string of the molecule is CC1CNCCC1NC(=O)c1ccccn1. The largest absolute Gasteiger partial charge is 0.348 e. The van der Waals surface area contributed by atoms with E-state index in [0.29, 0.717) is 11.6 Å². The van der Waals surface area contributed by atoms with E-state index >= 15 is 0 Å². The van der Waals surface area contributed by atoms with Gasteiger partial charge in [0.2, 0.25) is 0 Å². The number of hydrogen-bond acceptors (Lipinski definition) is 3. The zero-order valence-corrected chi connectivity index (χ0v) is 9.44. The second-order valence-corrected chi connectivity index (χ2v) is 4.27. The summed E-state index contributed by atoms with van der Waals surface area (Å²) in [7, 11) is 0. The Morgan fingerprint density at radius 1 is 1.56 bits per heavy atom. The van der Waals surface area contributed by atoms with Gasteiger partial charge in [-0.3, -0.25) is 9.78 Å². The fourth-order valence-electron chi connectivity index (χ4n) is 1.97. The molecule has 0 radical (unpaired) electrons. The lowest BCUT2D eigenvalue weighted by atomic mass is 9.95. The minimum atomic E-state index is -0.0700. The fourth-order valence-corrected chi connectivity index (χ4v) is 1.97. The highest BCUT2D eigenvalue weighted by atomic mass is 16.1. The molecule has 1 aliphatic heterocycles. The summed E-state index contributed by atoms with van der Waals surface area (Å²) in [5.41, 5.74) is 0.494. The molecule has 1 aromatic heterocycles. The highest BCUT2D eigenvalue weighted by molar-refractivity contribution is 5.92. The molecule has 0 bridgehead atoms. The van der Waals surface area contributed by atoms with Gasteiger partial charge in [-0.2, -0.15) is 0 Å². The average Bonchev–Trinajstić information content (AvgIpc) is 2.33. The van der Waals surface area contributed by atoms with Crippen LogP contribution in [-0.2, 0) is 0 Å². The van der Waals surface area contributed by atoms with Crippen molar-refractivity contribution in [3.8, 4) is 0 Å². The maximum atomic E-state index is 11.9. The monoisotopic (exact) mass is 219 g/mol. The zero-order chi connectivity index (χ0) is 11.4. The number of hydrogen-bond donors (Lipinski definition) is 2. The maximum Gasteiger partial charge on any atom is 0.270 e. The summed E-state index contributed by atoms with van der Waals surface area (Å²) in [4.78, 5) is 15.9. The van der Waals surface area contributed by atoms with Crippen LogP contribution >= 0.6 is 0 Å². The molecule has 16 heavy (non-hydrogen) atoms. The van der Waals surface area contributed by atoms with E-state index < -0.39 is 0 Å². The van der Waals surface area contributed by atoms with Crippen LogP contribution in [0, 0.1) is 5.92 Å². The Labute approximate surface area is 95.5 Å². The molecule has 4 nitrogen and oxygen atoms in total. The summed E-state index contributed by atoms with van der Waals surface area (Å²) in [5, 5.41) is 6.35. The van der Waals surface area contributed by atoms with Crippen LogP contribution in [0.15, 0.2) is 24.4 Å². The second-order valence-electron chi connectivity index (χ2n) is 4.27. The standard InChI is InChI=1S/C12H17N3O/c1-9-8-13-7-5-10(9)15-12(16)11-4-2-3-6-14-11/h2-4,6,9-10,13H,5,7-8H2,1H3,(H,15,16). The zero-order valence-electron chi connectivity index (χ0n) is 9.44. The lowest BCUT2D eigenvalue weighted by molar-refractivity contribution is 0.0909. The first-order valence-electron chi connectivity index (χ1n) is 5.70. The molecule has 0 spiro atoms. The quantitative estimate of drug-likeness (QED) is 0.774. The van der Waals surface area contributed by atoms with Gasteiger partial charge in [0, 0.05) is 12.2 Å². The van der Waals surface area contributed by atoms with Gasteiger partial charge in [0.25, 0.3) is 5.91 Å². The molecule has 1 saturated heterocycles. The van der Waals surface area contributed by atoms with Crippen molar-refractivity contribution in [2.45, 2.75) is 19.4 Å². The van der Waals surface area contributed by atoms with E-state index in [2.05, 4.69) is 22.5 Å². The number of nitrogens with one attached hydrogen (secondary N) is 2. The van der Waals surface area contributed by atoms with Gasteiger partial charge in [0.1, 0.15) is 5.69 Å². The van der Waals surface area contributed by atoms with Gasteiger partial charge in [-0.1, -0.05) is 13.0 Å². The van der Waals surface area contributed by atoms with Crippen molar-refractivity contribution in [2.24, 2.45) is 5.92 Å². The molecule has 1 aromatic rings. The first-order chi connectivity index (χ1) is 7.77. The van der Waals surface area contributed by atoms with Crippen LogP contribution in [0.25, 0.3) is 0 Å². The Morgan fingerprint density at radius 3 is 3.12 bits per heavy atom. The predicted molar refractivity (Wildman–Crippen MR) is 62.1 cm³/mol. The van der Waals surface area contributed by atoms with E-state index in [-0.39, 0.29) is 11.9 Å². The molecule has 0 aromatic carbocycles. The molecule has 2 rings (SSSR count). The Kier molecular flexibility index (Phi) is 3.51. The van der Waals surface area contributed by atoms with Crippen LogP contribution in [0.1, 0.15) is 23.8 Å². The van der Waals surface area contributed by atoms with Crippen molar-refractivity contribution in [2.75, 3.05) is 13.1 Å². The van der Waals surface area contributed by atoms with Gasteiger partial charge in [-0.05, 0) is 37.6 Å². The number of carbonyl (C=O) groups excluding carboxylic acids is 1. The highest BCUT2D eigenvalue weighted by Crippen LogP contribution is 2.10. The van der Waals surface area contributed by atoms with E-state index in [1.165, 1.54) is 0 Å². The van der Waals surface area contributed by atoms with Crippen LogP contribution in [0.2, 0.25) is 0 Å². The summed E-state index contributed by atoms with van der Waals surface area (Å²) in [6.45, 7) is 4.08. The van der Waals surface area contributed by atoms with E-state index in [9.17, 15) is 4.79 Å². The Bertz CT molecular complexity index is 353. The molecule has 2 heterocycles. The molecule has 2 N–H and O–H groups in total. The first kappa shape index (κ1) is 11.1. The maximum absolute atomic E-state index is 11.9. The molecule has 4 heteroatoms. The molecule has 1 aliphatic rings. The van der Waals surface area contributed by atoms with E-state index in [0.717, 1.165) is 19.5 Å². The normalized spacial score (nSPS) is 25.1.